The van der Waals surface area contributed by atoms with Crippen LogP contribution in [0.1, 0.15) is 50.7 Å². The first kappa shape index (κ1) is 21.6. The van der Waals surface area contributed by atoms with E-state index >= 15 is 0 Å². The van der Waals surface area contributed by atoms with E-state index in [4.69, 9.17) is 4.74 Å². The first-order valence-electron chi connectivity index (χ1n) is 9.96. The van der Waals surface area contributed by atoms with Crippen LogP contribution in [0.15, 0.2) is 60.9 Å². The molecule has 0 aliphatic rings. The number of hydrogen-bond acceptors (Lipinski definition) is 3. The van der Waals surface area contributed by atoms with Crippen molar-refractivity contribution in [3.63, 3.8) is 0 Å². The Hall–Kier alpha value is -3.15. The van der Waals surface area contributed by atoms with Gasteiger partial charge in [-0.1, -0.05) is 51.1 Å². The molecule has 1 amide bonds. The van der Waals surface area contributed by atoms with Crippen molar-refractivity contribution in [1.29, 1.82) is 0 Å². The predicted molar refractivity (Wildman–Crippen MR) is 115 cm³/mol. The van der Waals surface area contributed by atoms with Gasteiger partial charge in [0.1, 0.15) is 23.4 Å². The highest BCUT2D eigenvalue weighted by molar-refractivity contribution is 5.81. The van der Waals surface area contributed by atoms with Crippen LogP contribution < -0.4 is 10.1 Å². The number of aromatic nitrogens is 2. The molecule has 2 atom stereocenters. The summed E-state index contributed by atoms with van der Waals surface area (Å²) in [5, 5.41) is 2.89. The minimum Gasteiger partial charge on any atom is -0.481 e. The summed E-state index contributed by atoms with van der Waals surface area (Å²) in [7, 11) is 1.81. The largest absolute Gasteiger partial charge is 0.481 e. The number of benzene rings is 2. The monoisotopic (exact) mass is 409 g/mol. The zero-order valence-electron chi connectivity index (χ0n) is 18.0. The lowest BCUT2D eigenvalue weighted by Crippen LogP contribution is -2.40. The van der Waals surface area contributed by atoms with Crippen LogP contribution in [0.4, 0.5) is 4.39 Å². The zero-order chi connectivity index (χ0) is 21.9. The van der Waals surface area contributed by atoms with Gasteiger partial charge in [0.2, 0.25) is 0 Å². The number of nitrogens with zero attached hydrogens (tertiary/aromatic N) is 2. The number of rotatable bonds is 6. The average molecular weight is 410 g/mol. The van der Waals surface area contributed by atoms with Gasteiger partial charge in [0.15, 0.2) is 6.10 Å². The number of carbonyl (C=O) groups is 1. The standard InChI is InChI=1S/C24H28FN3O2/c1-16(30-18-10-8-9-17(15-18)24(2,3)4)23(29)27-21(22-26-13-14-28(22)5)19-11-6-7-12-20(19)25/h6-16,21H,1-5H3,(H,27,29)/t16-,21+/m0/s1. The second-order valence-electron chi connectivity index (χ2n) is 8.40. The summed E-state index contributed by atoms with van der Waals surface area (Å²) in [6, 6.07) is 13.4. The van der Waals surface area contributed by atoms with Crippen LogP contribution in [0, 0.1) is 5.82 Å². The number of carbonyl (C=O) groups excluding carboxylic acids is 1. The molecule has 5 nitrogen and oxygen atoms in total. The highest BCUT2D eigenvalue weighted by atomic mass is 19.1. The molecule has 0 aliphatic heterocycles. The first-order valence-corrected chi connectivity index (χ1v) is 9.96. The quantitative estimate of drug-likeness (QED) is 0.651. The van der Waals surface area contributed by atoms with Crippen molar-refractivity contribution in [3.05, 3.63) is 83.7 Å². The van der Waals surface area contributed by atoms with Crippen molar-refractivity contribution in [2.45, 2.75) is 45.3 Å². The number of imidazole rings is 1. The van der Waals surface area contributed by atoms with Crippen molar-refractivity contribution in [2.24, 2.45) is 7.05 Å². The van der Waals surface area contributed by atoms with E-state index in [2.05, 4.69) is 31.1 Å². The second-order valence-corrected chi connectivity index (χ2v) is 8.40. The van der Waals surface area contributed by atoms with Crippen LogP contribution in [0.25, 0.3) is 0 Å². The van der Waals surface area contributed by atoms with Crippen LogP contribution >= 0.6 is 0 Å². The van der Waals surface area contributed by atoms with Crippen LogP contribution in [-0.2, 0) is 17.3 Å². The molecule has 2 aromatic carbocycles. The minimum absolute atomic E-state index is 0.0288. The lowest BCUT2D eigenvalue weighted by molar-refractivity contribution is -0.127. The molecule has 3 rings (SSSR count). The number of aryl methyl sites for hydroxylation is 1. The highest BCUT2D eigenvalue weighted by Gasteiger charge is 2.26. The Bertz CT molecular complexity index is 1020. The molecule has 1 heterocycles. The summed E-state index contributed by atoms with van der Waals surface area (Å²) in [6.07, 6.45) is 2.61. The van der Waals surface area contributed by atoms with E-state index in [1.54, 1.807) is 49.1 Å². The lowest BCUT2D eigenvalue weighted by Gasteiger charge is -2.23. The predicted octanol–water partition coefficient (Wildman–Crippen LogP) is 4.53. The van der Waals surface area contributed by atoms with E-state index in [0.29, 0.717) is 17.1 Å². The molecule has 0 radical (unpaired) electrons. The fourth-order valence-electron chi connectivity index (χ4n) is 3.20. The number of halogens is 1. The Kier molecular flexibility index (Phi) is 6.25. The molecule has 0 aliphatic carbocycles. The number of ether oxygens (including phenoxy) is 1. The third-order valence-electron chi connectivity index (χ3n) is 5.00. The van der Waals surface area contributed by atoms with E-state index in [9.17, 15) is 9.18 Å². The van der Waals surface area contributed by atoms with Gasteiger partial charge >= 0.3 is 0 Å². The fourth-order valence-corrected chi connectivity index (χ4v) is 3.20. The Morgan fingerprint density at radius 3 is 2.53 bits per heavy atom. The van der Waals surface area contributed by atoms with Gasteiger partial charge in [-0.3, -0.25) is 4.79 Å². The fraction of sp³-hybridized carbons (Fsp3) is 0.333. The Balaban J connectivity index is 1.81. The summed E-state index contributed by atoms with van der Waals surface area (Å²) >= 11 is 0. The molecule has 0 spiro atoms. The smallest absolute Gasteiger partial charge is 0.261 e. The van der Waals surface area contributed by atoms with Crippen LogP contribution in [0.2, 0.25) is 0 Å². The highest BCUT2D eigenvalue weighted by Crippen LogP contribution is 2.27. The molecule has 3 aromatic rings. The van der Waals surface area contributed by atoms with Crippen molar-refractivity contribution >= 4 is 5.91 Å². The Morgan fingerprint density at radius 1 is 1.17 bits per heavy atom. The van der Waals surface area contributed by atoms with Crippen molar-refractivity contribution < 1.29 is 13.9 Å². The second kappa shape index (κ2) is 8.69. The molecular weight excluding hydrogens is 381 g/mol. The van der Waals surface area contributed by atoms with E-state index in [0.717, 1.165) is 5.56 Å². The lowest BCUT2D eigenvalue weighted by atomic mass is 9.87. The average Bonchev–Trinajstić information content (AvgIpc) is 3.12. The molecule has 0 fully saturated rings. The topological polar surface area (TPSA) is 56.1 Å². The molecule has 0 saturated heterocycles. The van der Waals surface area contributed by atoms with Gasteiger partial charge in [0, 0.05) is 25.0 Å². The maximum atomic E-state index is 14.5. The molecule has 6 heteroatoms. The molecule has 30 heavy (non-hydrogen) atoms. The summed E-state index contributed by atoms with van der Waals surface area (Å²) in [5.41, 5.74) is 1.44. The van der Waals surface area contributed by atoms with Gasteiger partial charge in [-0.15, -0.1) is 0 Å². The van der Waals surface area contributed by atoms with E-state index < -0.39 is 18.0 Å². The molecule has 1 N–H and O–H groups in total. The first-order chi connectivity index (χ1) is 14.2. The molecule has 158 valence electrons. The SMILES string of the molecule is C[C@H](Oc1cccc(C(C)(C)C)c1)C(=O)N[C@H](c1ccccc1F)c1nccn1C. The van der Waals surface area contributed by atoms with Gasteiger partial charge in [0.25, 0.3) is 5.91 Å². The Morgan fingerprint density at radius 2 is 1.90 bits per heavy atom. The number of hydrogen-bond donors (Lipinski definition) is 1. The summed E-state index contributed by atoms with van der Waals surface area (Å²) in [4.78, 5) is 17.2. The number of nitrogens with one attached hydrogen (secondary N) is 1. The summed E-state index contributed by atoms with van der Waals surface area (Å²) in [6.45, 7) is 8.03. The van der Waals surface area contributed by atoms with Crippen LogP contribution in [-0.4, -0.2) is 21.6 Å². The van der Waals surface area contributed by atoms with Gasteiger partial charge in [-0.25, -0.2) is 9.37 Å². The molecule has 1 aromatic heterocycles. The number of amides is 1. The normalized spacial score (nSPS) is 13.5. The molecule has 0 unspecified atom stereocenters. The van der Waals surface area contributed by atoms with Crippen molar-refractivity contribution in [1.82, 2.24) is 14.9 Å². The molecular formula is C24H28FN3O2. The third kappa shape index (κ3) is 4.87. The van der Waals surface area contributed by atoms with Crippen LogP contribution in [0.5, 0.6) is 5.75 Å². The van der Waals surface area contributed by atoms with Gasteiger partial charge < -0.3 is 14.6 Å². The van der Waals surface area contributed by atoms with Crippen LogP contribution in [0.3, 0.4) is 0 Å². The molecule has 0 bridgehead atoms. The van der Waals surface area contributed by atoms with Gasteiger partial charge in [0.05, 0.1) is 0 Å². The van der Waals surface area contributed by atoms with Crippen molar-refractivity contribution in [2.75, 3.05) is 0 Å². The minimum atomic E-state index is -0.769. The third-order valence-corrected chi connectivity index (χ3v) is 5.00. The van der Waals surface area contributed by atoms with E-state index in [1.807, 2.05) is 24.3 Å². The molecule has 0 saturated carbocycles. The summed E-state index contributed by atoms with van der Waals surface area (Å²) < 4.78 is 22.2. The maximum Gasteiger partial charge on any atom is 0.261 e. The zero-order valence-corrected chi connectivity index (χ0v) is 18.0. The van der Waals surface area contributed by atoms with Gasteiger partial charge in [-0.05, 0) is 36.1 Å². The van der Waals surface area contributed by atoms with Gasteiger partial charge in [-0.2, -0.15) is 0 Å². The summed E-state index contributed by atoms with van der Waals surface area (Å²) in [5.74, 6) is 0.393. The van der Waals surface area contributed by atoms with Crippen molar-refractivity contribution in [3.8, 4) is 5.75 Å². The van der Waals surface area contributed by atoms with E-state index in [-0.39, 0.29) is 11.3 Å². The maximum absolute atomic E-state index is 14.5. The van der Waals surface area contributed by atoms with E-state index in [1.165, 1.54) is 6.07 Å². The Labute approximate surface area is 176 Å².